The lowest BCUT2D eigenvalue weighted by Gasteiger charge is -2.21. The van der Waals surface area contributed by atoms with Gasteiger partial charge in [-0.2, -0.15) is 0 Å². The van der Waals surface area contributed by atoms with Gasteiger partial charge in [0.1, 0.15) is 6.10 Å². The number of carbonyl (C=O) groups is 3. The van der Waals surface area contributed by atoms with Crippen molar-refractivity contribution in [1.82, 2.24) is 10.6 Å². The first-order valence-electron chi connectivity index (χ1n) is 11.4. The Bertz CT molecular complexity index is 765. The van der Waals surface area contributed by atoms with Gasteiger partial charge in [0, 0.05) is 12.5 Å². The molecular formula is C26H38N2O5. The lowest BCUT2D eigenvalue weighted by atomic mass is 9.95. The number of amides is 2. The Morgan fingerprint density at radius 1 is 1.09 bits per heavy atom. The molecule has 3 N–H and O–H groups in total. The number of benzene rings is 1. The Labute approximate surface area is 197 Å². The minimum atomic E-state index is -0.588. The molecule has 0 heterocycles. The fourth-order valence-electron chi connectivity index (χ4n) is 3.33. The van der Waals surface area contributed by atoms with E-state index in [0.29, 0.717) is 25.7 Å². The molecule has 0 spiro atoms. The van der Waals surface area contributed by atoms with Gasteiger partial charge in [0.05, 0.1) is 25.0 Å². The van der Waals surface area contributed by atoms with Crippen molar-refractivity contribution < 1.29 is 24.2 Å². The minimum absolute atomic E-state index is 0.0168. The van der Waals surface area contributed by atoms with Crippen LogP contribution >= 0.6 is 0 Å². The van der Waals surface area contributed by atoms with E-state index in [-0.39, 0.29) is 49.3 Å². The number of allylic oxidation sites excluding steroid dienone is 2. The Morgan fingerprint density at radius 2 is 1.79 bits per heavy atom. The van der Waals surface area contributed by atoms with E-state index in [0.717, 1.165) is 5.56 Å². The van der Waals surface area contributed by atoms with Crippen LogP contribution < -0.4 is 10.6 Å². The number of hydrogen-bond acceptors (Lipinski definition) is 5. The van der Waals surface area contributed by atoms with Crippen LogP contribution in [0.25, 0.3) is 0 Å². The van der Waals surface area contributed by atoms with Crippen molar-refractivity contribution in [2.75, 3.05) is 13.2 Å². The number of hydrogen-bond donors (Lipinski definition) is 3. The quantitative estimate of drug-likeness (QED) is 0.261. The molecule has 0 aliphatic heterocycles. The predicted octanol–water partition coefficient (Wildman–Crippen LogP) is 2.94. The van der Waals surface area contributed by atoms with Crippen LogP contribution in [0.1, 0.15) is 45.1 Å². The maximum absolute atomic E-state index is 12.8. The van der Waals surface area contributed by atoms with Crippen molar-refractivity contribution in [3.05, 3.63) is 61.2 Å². The highest BCUT2D eigenvalue weighted by molar-refractivity contribution is 5.86. The van der Waals surface area contributed by atoms with Gasteiger partial charge < -0.3 is 20.5 Å². The summed E-state index contributed by atoms with van der Waals surface area (Å²) in [6, 6.07) is 9.39. The van der Waals surface area contributed by atoms with Crippen LogP contribution in [0.15, 0.2) is 55.6 Å². The molecule has 33 heavy (non-hydrogen) atoms. The average molecular weight is 459 g/mol. The number of nitrogens with one attached hydrogen (secondary N) is 2. The van der Waals surface area contributed by atoms with Gasteiger partial charge in [-0.05, 0) is 45.1 Å². The predicted molar refractivity (Wildman–Crippen MR) is 129 cm³/mol. The fraction of sp³-hybridized carbons (Fsp3) is 0.500. The highest BCUT2D eigenvalue weighted by Crippen LogP contribution is 2.17. The summed E-state index contributed by atoms with van der Waals surface area (Å²) < 4.78 is 5.60. The molecule has 4 atom stereocenters. The first-order valence-corrected chi connectivity index (χ1v) is 11.4. The van der Waals surface area contributed by atoms with Crippen LogP contribution in [0.5, 0.6) is 0 Å². The van der Waals surface area contributed by atoms with Gasteiger partial charge in [0.25, 0.3) is 0 Å². The van der Waals surface area contributed by atoms with Crippen molar-refractivity contribution in [1.29, 1.82) is 0 Å². The van der Waals surface area contributed by atoms with Gasteiger partial charge in [0.2, 0.25) is 11.8 Å². The summed E-state index contributed by atoms with van der Waals surface area (Å²) in [4.78, 5) is 37.4. The molecule has 0 aromatic heterocycles. The smallest absolute Gasteiger partial charge is 0.309 e. The van der Waals surface area contributed by atoms with Gasteiger partial charge in [-0.15, -0.1) is 13.2 Å². The van der Waals surface area contributed by atoms with E-state index in [1.807, 2.05) is 30.3 Å². The standard InChI is InChI=1S/C26H38N2O5/c1-5-7-14-23(15-21-12-9-8-10-13-21)26(32)33-20(4)17-27-25(31)22(11-6-2)16-24(30)28-19(3)18-29/h5-6,8-10,12-13,19-20,22-23,29H,1-2,7,11,14-18H2,3-4H3,(H,27,31)(H,28,30). The molecular weight excluding hydrogens is 420 g/mol. The molecule has 2 amide bonds. The number of aliphatic hydroxyl groups is 1. The van der Waals surface area contributed by atoms with Crippen molar-refractivity contribution in [2.45, 2.75) is 58.1 Å². The van der Waals surface area contributed by atoms with Gasteiger partial charge in [-0.3, -0.25) is 14.4 Å². The second-order valence-electron chi connectivity index (χ2n) is 8.32. The Balaban J connectivity index is 2.60. The third kappa shape index (κ3) is 11.5. The third-order valence-electron chi connectivity index (χ3n) is 5.19. The number of rotatable bonds is 16. The van der Waals surface area contributed by atoms with Gasteiger partial charge >= 0.3 is 5.97 Å². The third-order valence-corrected chi connectivity index (χ3v) is 5.19. The molecule has 1 aromatic carbocycles. The molecule has 4 unspecified atom stereocenters. The van der Waals surface area contributed by atoms with E-state index in [1.165, 1.54) is 0 Å². The van der Waals surface area contributed by atoms with Crippen molar-refractivity contribution in [3.63, 3.8) is 0 Å². The van der Waals surface area contributed by atoms with Gasteiger partial charge in [-0.1, -0.05) is 42.5 Å². The van der Waals surface area contributed by atoms with Crippen LogP contribution in [-0.4, -0.2) is 48.2 Å². The highest BCUT2D eigenvalue weighted by Gasteiger charge is 2.24. The lowest BCUT2D eigenvalue weighted by Crippen LogP contribution is -2.41. The largest absolute Gasteiger partial charge is 0.461 e. The molecule has 1 aromatic rings. The monoisotopic (exact) mass is 458 g/mol. The lowest BCUT2D eigenvalue weighted by molar-refractivity contribution is -0.153. The number of esters is 1. The summed E-state index contributed by atoms with van der Waals surface area (Å²) in [5, 5.41) is 14.5. The second-order valence-corrected chi connectivity index (χ2v) is 8.32. The normalized spacial score (nSPS) is 14.3. The molecule has 0 aliphatic rings. The second kappa shape index (κ2) is 15.8. The zero-order valence-corrected chi connectivity index (χ0v) is 19.8. The van der Waals surface area contributed by atoms with Gasteiger partial charge in [-0.25, -0.2) is 0 Å². The van der Waals surface area contributed by atoms with E-state index in [9.17, 15) is 14.4 Å². The van der Waals surface area contributed by atoms with E-state index < -0.39 is 12.0 Å². The number of aliphatic hydroxyl groups excluding tert-OH is 1. The SMILES string of the molecule is C=CCCC(Cc1ccccc1)C(=O)OC(C)CNC(=O)C(CC=C)CC(=O)NC(C)CO. The van der Waals surface area contributed by atoms with E-state index in [2.05, 4.69) is 23.8 Å². The average Bonchev–Trinajstić information content (AvgIpc) is 2.80. The topological polar surface area (TPSA) is 105 Å². The molecule has 0 bridgehead atoms. The summed E-state index contributed by atoms with van der Waals surface area (Å²) in [5.74, 6) is -1.81. The molecule has 7 heteroatoms. The Hall–Kier alpha value is -2.93. The molecule has 0 aliphatic carbocycles. The Kier molecular flexibility index (Phi) is 13.5. The highest BCUT2D eigenvalue weighted by atomic mass is 16.5. The molecule has 0 saturated heterocycles. The first kappa shape index (κ1) is 28.1. The summed E-state index contributed by atoms with van der Waals surface area (Å²) in [5.41, 5.74) is 1.06. The number of carbonyl (C=O) groups excluding carboxylic acids is 3. The maximum atomic E-state index is 12.8. The van der Waals surface area contributed by atoms with E-state index in [1.54, 1.807) is 26.0 Å². The van der Waals surface area contributed by atoms with Crippen LogP contribution in [0.4, 0.5) is 0 Å². The number of ether oxygens (including phenoxy) is 1. The van der Waals surface area contributed by atoms with E-state index in [4.69, 9.17) is 9.84 Å². The van der Waals surface area contributed by atoms with Crippen molar-refractivity contribution in [3.8, 4) is 0 Å². The summed E-state index contributed by atoms with van der Waals surface area (Å²) in [6.45, 7) is 10.8. The summed E-state index contributed by atoms with van der Waals surface area (Å²) >= 11 is 0. The van der Waals surface area contributed by atoms with Crippen molar-refractivity contribution in [2.24, 2.45) is 11.8 Å². The molecule has 1 rings (SSSR count). The first-order chi connectivity index (χ1) is 15.8. The van der Waals surface area contributed by atoms with Crippen LogP contribution in [0, 0.1) is 11.8 Å². The van der Waals surface area contributed by atoms with Crippen molar-refractivity contribution >= 4 is 17.8 Å². The van der Waals surface area contributed by atoms with Crippen LogP contribution in [-0.2, 0) is 25.5 Å². The minimum Gasteiger partial charge on any atom is -0.461 e. The van der Waals surface area contributed by atoms with Crippen LogP contribution in [0.3, 0.4) is 0 Å². The summed E-state index contributed by atoms with van der Waals surface area (Å²) in [6.07, 6.45) is 5.10. The zero-order valence-electron chi connectivity index (χ0n) is 19.8. The molecule has 182 valence electrons. The van der Waals surface area contributed by atoms with Crippen LogP contribution in [0.2, 0.25) is 0 Å². The zero-order chi connectivity index (χ0) is 24.6. The molecule has 0 fully saturated rings. The maximum Gasteiger partial charge on any atom is 0.309 e. The summed E-state index contributed by atoms with van der Waals surface area (Å²) in [7, 11) is 0. The van der Waals surface area contributed by atoms with Gasteiger partial charge in [0.15, 0.2) is 0 Å². The van der Waals surface area contributed by atoms with E-state index >= 15 is 0 Å². The molecule has 7 nitrogen and oxygen atoms in total. The Morgan fingerprint density at radius 3 is 2.39 bits per heavy atom. The molecule has 0 saturated carbocycles. The fourth-order valence-corrected chi connectivity index (χ4v) is 3.33. The molecule has 0 radical (unpaired) electrons.